The third-order valence-electron chi connectivity index (χ3n) is 8.41. The topological polar surface area (TPSA) is 74.2 Å². The van der Waals surface area contributed by atoms with E-state index in [4.69, 9.17) is 19.2 Å². The molecule has 4 aliphatic rings. The van der Waals surface area contributed by atoms with Gasteiger partial charge in [0.2, 0.25) is 0 Å². The van der Waals surface area contributed by atoms with Gasteiger partial charge in [0.25, 0.3) is 0 Å². The molecule has 1 heterocycles. The Balaban J connectivity index is 1.50. The number of aliphatic hydroxyl groups excluding tert-OH is 1. The van der Waals surface area contributed by atoms with Crippen LogP contribution in [-0.4, -0.2) is 42.1 Å². The molecule has 4 rings (SSSR count). The van der Waals surface area contributed by atoms with Gasteiger partial charge in [-0.15, -0.1) is 0 Å². The van der Waals surface area contributed by atoms with E-state index in [0.29, 0.717) is 12.4 Å². The van der Waals surface area contributed by atoms with Crippen LogP contribution < -0.4 is 0 Å². The molecule has 4 unspecified atom stereocenters. The number of hydrogen-bond acceptors (Lipinski definition) is 6. The number of esters is 1. The Bertz CT molecular complexity index is 746. The summed E-state index contributed by atoms with van der Waals surface area (Å²) in [6.45, 7) is 12.4. The van der Waals surface area contributed by atoms with Gasteiger partial charge < -0.3 is 19.5 Å². The van der Waals surface area contributed by atoms with E-state index in [1.165, 1.54) is 12.5 Å². The fourth-order valence-corrected chi connectivity index (χ4v) is 6.71. The van der Waals surface area contributed by atoms with Gasteiger partial charge in [0.15, 0.2) is 0 Å². The number of allylic oxidation sites excluding steroid dienone is 1. The average molecular weight is 435 g/mol. The van der Waals surface area contributed by atoms with Crippen LogP contribution in [0.15, 0.2) is 24.0 Å². The number of ether oxygens (including phenoxy) is 2. The Hall–Kier alpha value is -1.37. The number of fused-ring (bicyclic) bond motifs is 5. The van der Waals surface area contributed by atoms with Crippen LogP contribution in [0.4, 0.5) is 0 Å². The molecule has 0 amide bonds. The molecule has 0 radical (unpaired) electrons. The lowest BCUT2D eigenvalue weighted by molar-refractivity contribution is -0.303. The predicted octanol–water partition coefficient (Wildman–Crippen LogP) is 4.47. The van der Waals surface area contributed by atoms with Gasteiger partial charge in [-0.2, -0.15) is 4.89 Å². The third-order valence-corrected chi connectivity index (χ3v) is 8.41. The van der Waals surface area contributed by atoms with Gasteiger partial charge in [0, 0.05) is 30.1 Å². The van der Waals surface area contributed by atoms with Crippen LogP contribution in [0.3, 0.4) is 0 Å². The third kappa shape index (κ3) is 3.96. The Morgan fingerprint density at radius 3 is 2.81 bits per heavy atom. The number of aliphatic hydroxyl groups is 1. The smallest absolute Gasteiger partial charge is 0.302 e. The highest BCUT2D eigenvalue weighted by atomic mass is 17.2. The van der Waals surface area contributed by atoms with Crippen molar-refractivity contribution < 1.29 is 29.1 Å². The van der Waals surface area contributed by atoms with Crippen molar-refractivity contribution in [3.05, 3.63) is 24.0 Å². The molecule has 1 aliphatic heterocycles. The molecule has 0 aromatic heterocycles. The van der Waals surface area contributed by atoms with Crippen molar-refractivity contribution in [2.24, 2.45) is 22.7 Å². The zero-order valence-corrected chi connectivity index (χ0v) is 19.4. The highest BCUT2D eigenvalue weighted by molar-refractivity contribution is 5.66. The molecule has 0 aromatic carbocycles. The fraction of sp³-hybridized carbons (Fsp3) is 0.800. The van der Waals surface area contributed by atoms with Crippen molar-refractivity contribution in [2.75, 3.05) is 6.61 Å². The van der Waals surface area contributed by atoms with Crippen LogP contribution in [0.5, 0.6) is 0 Å². The summed E-state index contributed by atoms with van der Waals surface area (Å²) in [5.74, 6) is 0.711. The van der Waals surface area contributed by atoms with Gasteiger partial charge >= 0.3 is 5.97 Å². The van der Waals surface area contributed by atoms with Crippen LogP contribution in [0.2, 0.25) is 0 Å². The minimum absolute atomic E-state index is 0.0195. The first-order valence-electron chi connectivity index (χ1n) is 11.9. The molecule has 8 atom stereocenters. The predicted molar refractivity (Wildman–Crippen MR) is 116 cm³/mol. The molecule has 0 spiro atoms. The van der Waals surface area contributed by atoms with Crippen LogP contribution in [0, 0.1) is 22.7 Å². The van der Waals surface area contributed by atoms with Crippen molar-refractivity contribution in [3.8, 4) is 0 Å². The molecule has 0 aromatic rings. The first kappa shape index (κ1) is 22.8. The van der Waals surface area contributed by atoms with Crippen LogP contribution in [0.25, 0.3) is 0 Å². The van der Waals surface area contributed by atoms with Crippen molar-refractivity contribution in [1.82, 2.24) is 0 Å². The van der Waals surface area contributed by atoms with Gasteiger partial charge in [0.1, 0.15) is 18.0 Å². The van der Waals surface area contributed by atoms with Gasteiger partial charge in [0.05, 0.1) is 18.8 Å². The highest BCUT2D eigenvalue weighted by Gasteiger charge is 2.62. The van der Waals surface area contributed by atoms with Gasteiger partial charge in [-0.1, -0.05) is 39.0 Å². The van der Waals surface area contributed by atoms with Crippen molar-refractivity contribution >= 4 is 5.97 Å². The van der Waals surface area contributed by atoms with E-state index in [1.54, 1.807) is 0 Å². The quantitative estimate of drug-likeness (QED) is 0.219. The lowest BCUT2D eigenvalue weighted by Gasteiger charge is -2.58. The number of carbonyl (C=O) groups excluding carboxylic acids is 1. The standard InChI is InChI=1S/C25H38O6/c1-6-7-15(2)30-31-18-10-11-24(4)17(12-18)13-20(27)22-19-8-9-21(29-16(3)26)25(19,5)14-28-23(22)24/h13,18-23,27H,2,6-12,14H2,1,3-5H3/t18-,19?,20?,21-,22?,23?,24-,25-/m0/s1. The highest BCUT2D eigenvalue weighted by Crippen LogP contribution is 2.60. The summed E-state index contributed by atoms with van der Waals surface area (Å²) in [5.41, 5.74) is 0.842. The summed E-state index contributed by atoms with van der Waals surface area (Å²) in [4.78, 5) is 22.7. The molecule has 1 N–H and O–H groups in total. The van der Waals surface area contributed by atoms with E-state index < -0.39 is 6.10 Å². The van der Waals surface area contributed by atoms with Crippen molar-refractivity contribution in [1.29, 1.82) is 0 Å². The summed E-state index contributed by atoms with van der Waals surface area (Å²) in [5, 5.41) is 11.2. The molecule has 6 nitrogen and oxygen atoms in total. The lowest BCUT2D eigenvalue weighted by atomic mass is 9.54. The molecule has 0 bridgehead atoms. The summed E-state index contributed by atoms with van der Waals surface area (Å²) in [6.07, 6.45) is 7.37. The maximum Gasteiger partial charge on any atom is 0.302 e. The molecular formula is C25H38O6. The minimum atomic E-state index is -0.566. The van der Waals surface area contributed by atoms with Gasteiger partial charge in [-0.25, -0.2) is 0 Å². The molecule has 174 valence electrons. The maximum absolute atomic E-state index is 11.6. The normalized spacial score (nSPS) is 43.8. The minimum Gasteiger partial charge on any atom is -0.462 e. The second-order valence-corrected chi connectivity index (χ2v) is 10.5. The largest absolute Gasteiger partial charge is 0.462 e. The van der Waals surface area contributed by atoms with E-state index in [-0.39, 0.29) is 46.9 Å². The molecule has 3 aliphatic carbocycles. The molecule has 31 heavy (non-hydrogen) atoms. The first-order chi connectivity index (χ1) is 14.7. The molecule has 6 heteroatoms. The Morgan fingerprint density at radius 2 is 2.10 bits per heavy atom. The van der Waals surface area contributed by atoms with E-state index in [1.807, 2.05) is 6.08 Å². The summed E-state index contributed by atoms with van der Waals surface area (Å²) in [6, 6.07) is 0. The second-order valence-electron chi connectivity index (χ2n) is 10.5. The maximum atomic E-state index is 11.6. The summed E-state index contributed by atoms with van der Waals surface area (Å²) in [7, 11) is 0. The number of rotatable bonds is 6. The first-order valence-corrected chi connectivity index (χ1v) is 11.9. The second kappa shape index (κ2) is 8.53. The summed E-state index contributed by atoms with van der Waals surface area (Å²) < 4.78 is 12.2. The average Bonchev–Trinajstić information content (AvgIpc) is 3.03. The zero-order valence-electron chi connectivity index (χ0n) is 19.4. The monoisotopic (exact) mass is 434 g/mol. The Morgan fingerprint density at radius 1 is 1.32 bits per heavy atom. The van der Waals surface area contributed by atoms with Crippen LogP contribution in [-0.2, 0) is 24.0 Å². The molecular weight excluding hydrogens is 396 g/mol. The van der Waals surface area contributed by atoms with E-state index in [9.17, 15) is 9.90 Å². The number of hydrogen-bond donors (Lipinski definition) is 1. The van der Waals surface area contributed by atoms with Gasteiger partial charge in [-0.05, 0) is 44.4 Å². The van der Waals surface area contributed by atoms with E-state index >= 15 is 0 Å². The Labute approximate surface area is 185 Å². The van der Waals surface area contributed by atoms with Crippen molar-refractivity contribution in [2.45, 2.75) is 97.1 Å². The fourth-order valence-electron chi connectivity index (χ4n) is 6.71. The zero-order chi connectivity index (χ0) is 22.4. The van der Waals surface area contributed by atoms with Crippen LogP contribution in [0.1, 0.15) is 72.6 Å². The van der Waals surface area contributed by atoms with E-state index in [0.717, 1.165) is 44.9 Å². The van der Waals surface area contributed by atoms with Crippen LogP contribution >= 0.6 is 0 Å². The molecule has 3 fully saturated rings. The van der Waals surface area contributed by atoms with E-state index in [2.05, 4.69) is 27.4 Å². The lowest BCUT2D eigenvalue weighted by Crippen LogP contribution is -2.61. The molecule has 2 saturated carbocycles. The number of carbonyl (C=O) groups is 1. The summed E-state index contributed by atoms with van der Waals surface area (Å²) >= 11 is 0. The van der Waals surface area contributed by atoms with Gasteiger partial charge in [-0.3, -0.25) is 4.79 Å². The Kier molecular flexibility index (Phi) is 6.27. The molecule has 1 saturated heterocycles. The van der Waals surface area contributed by atoms with Crippen molar-refractivity contribution in [3.63, 3.8) is 0 Å². The SMILES string of the molecule is C=C(CCC)OO[C@H]1CC[C@@]2(C)C(=CC(O)C3C2OC[C@@]2(C)C3CC[C@@H]2OC(C)=O)C1.